The molecule has 1 heterocycles. The van der Waals surface area contributed by atoms with Crippen LogP contribution in [0.25, 0.3) is 0 Å². The third kappa shape index (κ3) is 2.36. The molecular formula is C11H18N4OS. The Morgan fingerprint density at radius 1 is 1.59 bits per heavy atom. The van der Waals surface area contributed by atoms with E-state index in [0.29, 0.717) is 23.3 Å². The average molecular weight is 254 g/mol. The molecule has 6 heteroatoms. The minimum absolute atomic E-state index is 0.181. The summed E-state index contributed by atoms with van der Waals surface area (Å²) in [5.74, 6) is 0.827. The van der Waals surface area contributed by atoms with Crippen LogP contribution < -0.4 is 16.4 Å². The van der Waals surface area contributed by atoms with Crippen LogP contribution in [0.2, 0.25) is 0 Å². The lowest BCUT2D eigenvalue weighted by Gasteiger charge is -2.32. The Morgan fingerprint density at radius 3 is 2.82 bits per heavy atom. The summed E-state index contributed by atoms with van der Waals surface area (Å²) in [6.07, 6.45) is 3.83. The Hall–Kier alpha value is -1.30. The van der Waals surface area contributed by atoms with Crippen LogP contribution >= 0.6 is 11.5 Å². The van der Waals surface area contributed by atoms with Gasteiger partial charge in [-0.15, -0.1) is 0 Å². The second kappa shape index (κ2) is 4.91. The van der Waals surface area contributed by atoms with Crippen molar-refractivity contribution in [3.8, 4) is 0 Å². The van der Waals surface area contributed by atoms with E-state index >= 15 is 0 Å². The lowest BCUT2D eigenvalue weighted by molar-refractivity contribution is 0.0965. The molecule has 1 aromatic rings. The molecule has 94 valence electrons. The highest BCUT2D eigenvalue weighted by atomic mass is 32.1. The molecule has 0 saturated heterocycles. The van der Waals surface area contributed by atoms with E-state index in [2.05, 4.69) is 21.9 Å². The molecule has 1 aliphatic rings. The van der Waals surface area contributed by atoms with Gasteiger partial charge < -0.3 is 16.4 Å². The number of amides is 1. The molecule has 4 N–H and O–H groups in total. The molecule has 1 unspecified atom stereocenters. The molecule has 1 saturated carbocycles. The fourth-order valence-corrected chi connectivity index (χ4v) is 2.82. The number of nitrogen functional groups attached to an aromatic ring is 1. The molecule has 0 spiro atoms. The molecule has 17 heavy (non-hydrogen) atoms. The number of nitrogens with two attached hydrogens (primary N) is 1. The highest BCUT2D eigenvalue weighted by Crippen LogP contribution is 2.33. The first-order chi connectivity index (χ1) is 8.13. The van der Waals surface area contributed by atoms with E-state index in [1.165, 1.54) is 30.8 Å². The second-order valence-corrected chi connectivity index (χ2v) is 5.25. The van der Waals surface area contributed by atoms with Crippen LogP contribution in [0.4, 0.5) is 10.8 Å². The van der Waals surface area contributed by atoms with Crippen LogP contribution in [0.15, 0.2) is 0 Å². The van der Waals surface area contributed by atoms with Gasteiger partial charge in [-0.25, -0.2) is 0 Å². The van der Waals surface area contributed by atoms with Crippen molar-refractivity contribution in [3.05, 3.63) is 5.56 Å². The van der Waals surface area contributed by atoms with Gasteiger partial charge in [-0.2, -0.15) is 4.37 Å². The number of hydrogen-bond acceptors (Lipinski definition) is 5. The predicted octanol–water partition coefficient (Wildman–Crippen LogP) is 1.69. The number of rotatable bonds is 4. The van der Waals surface area contributed by atoms with E-state index in [4.69, 9.17) is 5.73 Å². The van der Waals surface area contributed by atoms with Gasteiger partial charge in [0.05, 0.1) is 0 Å². The van der Waals surface area contributed by atoms with Crippen LogP contribution in [0.1, 0.15) is 36.5 Å². The van der Waals surface area contributed by atoms with Gasteiger partial charge in [0.25, 0.3) is 5.91 Å². The zero-order valence-corrected chi connectivity index (χ0v) is 10.9. The molecule has 0 aromatic carbocycles. The maximum Gasteiger partial charge on any atom is 0.257 e. The molecule has 1 aliphatic carbocycles. The van der Waals surface area contributed by atoms with Crippen LogP contribution in [0, 0.1) is 5.92 Å². The third-order valence-electron chi connectivity index (χ3n) is 3.39. The zero-order valence-electron chi connectivity index (χ0n) is 10.1. The van der Waals surface area contributed by atoms with Crippen LogP contribution in [-0.2, 0) is 0 Å². The predicted molar refractivity (Wildman–Crippen MR) is 70.3 cm³/mol. The molecule has 1 amide bonds. The van der Waals surface area contributed by atoms with Crippen molar-refractivity contribution in [3.63, 3.8) is 0 Å². The Labute approximate surface area is 105 Å². The summed E-state index contributed by atoms with van der Waals surface area (Å²) in [7, 11) is 1.60. The molecule has 0 radical (unpaired) electrons. The number of aromatic nitrogens is 1. The monoisotopic (exact) mass is 254 g/mol. The number of carbonyl (C=O) groups is 1. The Kier molecular flexibility index (Phi) is 3.51. The van der Waals surface area contributed by atoms with Gasteiger partial charge in [-0.05, 0) is 37.2 Å². The fourth-order valence-electron chi connectivity index (χ4n) is 2.01. The molecule has 0 bridgehead atoms. The minimum atomic E-state index is -0.181. The quantitative estimate of drug-likeness (QED) is 0.764. The summed E-state index contributed by atoms with van der Waals surface area (Å²) in [4.78, 5) is 11.7. The van der Waals surface area contributed by atoms with Crippen LogP contribution in [0.3, 0.4) is 0 Å². The lowest BCUT2D eigenvalue weighted by atomic mass is 9.80. The minimum Gasteiger partial charge on any atom is -0.382 e. The number of hydrogen-bond donors (Lipinski definition) is 3. The van der Waals surface area contributed by atoms with Gasteiger partial charge in [0.15, 0.2) is 5.82 Å². The smallest absolute Gasteiger partial charge is 0.257 e. The first-order valence-corrected chi connectivity index (χ1v) is 6.64. The summed E-state index contributed by atoms with van der Waals surface area (Å²) in [6.45, 7) is 2.15. The average Bonchev–Trinajstić information content (AvgIpc) is 2.56. The van der Waals surface area contributed by atoms with Crippen molar-refractivity contribution in [1.82, 2.24) is 9.69 Å². The zero-order chi connectivity index (χ0) is 12.4. The van der Waals surface area contributed by atoms with Crippen molar-refractivity contribution in [1.29, 1.82) is 0 Å². The van der Waals surface area contributed by atoms with Crippen molar-refractivity contribution in [2.24, 2.45) is 5.92 Å². The summed E-state index contributed by atoms with van der Waals surface area (Å²) >= 11 is 1.25. The normalized spacial score (nSPS) is 17.3. The van der Waals surface area contributed by atoms with E-state index in [9.17, 15) is 4.79 Å². The maximum absolute atomic E-state index is 11.7. The Balaban J connectivity index is 2.12. The number of carbonyl (C=O) groups excluding carboxylic acids is 1. The van der Waals surface area contributed by atoms with E-state index in [1.807, 2.05) is 0 Å². The maximum atomic E-state index is 11.7. The van der Waals surface area contributed by atoms with Gasteiger partial charge in [-0.3, -0.25) is 4.79 Å². The first-order valence-electron chi connectivity index (χ1n) is 5.87. The Morgan fingerprint density at radius 2 is 2.29 bits per heavy atom. The summed E-state index contributed by atoms with van der Waals surface area (Å²) in [5, 5.41) is 6.73. The van der Waals surface area contributed by atoms with E-state index in [1.54, 1.807) is 7.05 Å². The Bertz CT molecular complexity index is 414. The molecule has 1 atom stereocenters. The molecule has 1 aromatic heterocycles. The largest absolute Gasteiger partial charge is 0.382 e. The van der Waals surface area contributed by atoms with E-state index < -0.39 is 0 Å². The van der Waals surface area contributed by atoms with Crippen molar-refractivity contribution in [2.75, 3.05) is 18.1 Å². The van der Waals surface area contributed by atoms with Crippen LogP contribution in [-0.4, -0.2) is 23.4 Å². The van der Waals surface area contributed by atoms with E-state index in [-0.39, 0.29) is 5.91 Å². The first kappa shape index (κ1) is 12.2. The van der Waals surface area contributed by atoms with Gasteiger partial charge in [0, 0.05) is 13.1 Å². The SMILES string of the molecule is CNC(=O)c1c(N)nsc1NC(C)C1CCC1. The number of nitrogens with one attached hydrogen (secondary N) is 2. The highest BCUT2D eigenvalue weighted by molar-refractivity contribution is 7.11. The second-order valence-electron chi connectivity index (χ2n) is 4.48. The van der Waals surface area contributed by atoms with Crippen molar-refractivity contribution < 1.29 is 4.79 Å². The van der Waals surface area contributed by atoms with E-state index in [0.717, 1.165) is 5.00 Å². The fraction of sp³-hybridized carbons (Fsp3) is 0.636. The van der Waals surface area contributed by atoms with Gasteiger partial charge in [0.2, 0.25) is 0 Å². The lowest BCUT2D eigenvalue weighted by Crippen LogP contribution is -2.31. The molecule has 5 nitrogen and oxygen atoms in total. The standard InChI is InChI=1S/C11H18N4OS/c1-6(7-4-3-5-7)14-11-8(10(16)13-2)9(12)15-17-11/h6-7,14H,3-5H2,1-2H3,(H2,12,15)(H,13,16). The van der Waals surface area contributed by atoms with Gasteiger partial charge >= 0.3 is 0 Å². The number of nitrogens with zero attached hydrogens (tertiary/aromatic N) is 1. The topological polar surface area (TPSA) is 80.0 Å². The van der Waals surface area contributed by atoms with Crippen molar-refractivity contribution in [2.45, 2.75) is 32.2 Å². The molecule has 2 rings (SSSR count). The highest BCUT2D eigenvalue weighted by Gasteiger charge is 2.26. The van der Waals surface area contributed by atoms with Gasteiger partial charge in [-0.1, -0.05) is 6.42 Å². The molecule has 0 aliphatic heterocycles. The molecule has 1 fully saturated rings. The summed E-state index contributed by atoms with van der Waals surface area (Å²) in [6, 6.07) is 0.368. The molecular weight excluding hydrogens is 236 g/mol. The van der Waals surface area contributed by atoms with Crippen LogP contribution in [0.5, 0.6) is 0 Å². The summed E-state index contributed by atoms with van der Waals surface area (Å²) < 4.78 is 4.04. The number of anilines is 2. The third-order valence-corrected chi connectivity index (χ3v) is 4.18. The summed E-state index contributed by atoms with van der Waals surface area (Å²) in [5.41, 5.74) is 6.19. The van der Waals surface area contributed by atoms with Crippen molar-refractivity contribution >= 4 is 28.3 Å². The van der Waals surface area contributed by atoms with Gasteiger partial charge in [0.1, 0.15) is 10.6 Å².